The molecule has 2 aromatic heterocycles. The fourth-order valence-corrected chi connectivity index (χ4v) is 1.15. The summed E-state index contributed by atoms with van der Waals surface area (Å²) >= 11 is 0. The van der Waals surface area contributed by atoms with Crippen LogP contribution in [0.2, 0.25) is 0 Å². The van der Waals surface area contributed by atoms with Gasteiger partial charge in [-0.15, -0.1) is 0 Å². The Hall–Kier alpha value is -1.98. The lowest BCUT2D eigenvalue weighted by molar-refractivity contribution is 0.388. The van der Waals surface area contributed by atoms with E-state index in [0.29, 0.717) is 18.1 Å². The van der Waals surface area contributed by atoms with E-state index >= 15 is 0 Å². The second kappa shape index (κ2) is 3.41. The van der Waals surface area contributed by atoms with Crippen molar-refractivity contribution < 1.29 is 4.52 Å². The summed E-state index contributed by atoms with van der Waals surface area (Å²) in [6.45, 7) is 0.529. The Morgan fingerprint density at radius 3 is 3.07 bits per heavy atom. The van der Waals surface area contributed by atoms with Crippen molar-refractivity contribution >= 4 is 11.5 Å². The molecular weight excluding hydrogens is 182 g/mol. The number of rotatable bonds is 3. The van der Waals surface area contributed by atoms with Crippen LogP contribution in [-0.4, -0.2) is 14.9 Å². The Labute approximate surface area is 80.7 Å². The van der Waals surface area contributed by atoms with Gasteiger partial charge in [0.2, 0.25) is 0 Å². The van der Waals surface area contributed by atoms with Crippen LogP contribution in [-0.2, 0) is 13.6 Å². The molecule has 0 unspecified atom stereocenters. The van der Waals surface area contributed by atoms with E-state index in [1.807, 2.05) is 7.05 Å². The molecule has 14 heavy (non-hydrogen) atoms. The summed E-state index contributed by atoms with van der Waals surface area (Å²) in [5.74, 6) is 1.40. The third kappa shape index (κ3) is 1.68. The van der Waals surface area contributed by atoms with E-state index in [2.05, 4.69) is 15.6 Å². The first-order chi connectivity index (χ1) is 6.75. The van der Waals surface area contributed by atoms with E-state index in [4.69, 9.17) is 10.3 Å². The van der Waals surface area contributed by atoms with Gasteiger partial charge in [0.05, 0.1) is 18.4 Å². The molecule has 2 heterocycles. The summed E-state index contributed by atoms with van der Waals surface area (Å²) in [7, 11) is 1.82. The maximum absolute atomic E-state index is 5.69. The molecule has 0 amide bonds. The third-order valence-electron chi connectivity index (χ3n) is 1.78. The minimum atomic E-state index is 0.529. The van der Waals surface area contributed by atoms with Gasteiger partial charge in [-0.05, 0) is 0 Å². The zero-order valence-corrected chi connectivity index (χ0v) is 7.77. The highest BCUT2D eigenvalue weighted by atomic mass is 16.5. The smallest absolute Gasteiger partial charge is 0.171 e. The van der Waals surface area contributed by atoms with Gasteiger partial charge in [-0.2, -0.15) is 5.10 Å². The minimum absolute atomic E-state index is 0.529. The van der Waals surface area contributed by atoms with Crippen molar-refractivity contribution in [3.8, 4) is 0 Å². The van der Waals surface area contributed by atoms with Crippen LogP contribution in [0.5, 0.6) is 0 Å². The predicted molar refractivity (Wildman–Crippen MR) is 51.5 cm³/mol. The molecule has 0 aliphatic heterocycles. The van der Waals surface area contributed by atoms with Crippen LogP contribution >= 0.6 is 0 Å². The monoisotopic (exact) mass is 193 g/mol. The molecule has 0 saturated heterocycles. The maximum atomic E-state index is 5.69. The molecule has 2 rings (SSSR count). The number of hydrogen-bond acceptors (Lipinski definition) is 5. The number of nitrogens with one attached hydrogen (secondary N) is 1. The molecule has 6 nitrogen and oxygen atoms in total. The fraction of sp³-hybridized carbons (Fsp3) is 0.250. The Balaban J connectivity index is 2.01. The summed E-state index contributed by atoms with van der Waals surface area (Å²) < 4.78 is 6.56. The van der Waals surface area contributed by atoms with Crippen LogP contribution in [0.4, 0.5) is 11.5 Å². The number of nitrogen functional groups attached to an aromatic ring is 1. The molecule has 74 valence electrons. The Morgan fingerprint density at radius 2 is 2.50 bits per heavy atom. The molecule has 0 aromatic carbocycles. The molecule has 0 saturated carbocycles. The lowest BCUT2D eigenvalue weighted by Gasteiger charge is -1.99. The summed E-state index contributed by atoms with van der Waals surface area (Å²) in [4.78, 5) is 0. The molecule has 6 heteroatoms. The molecular formula is C8H11N5O. The van der Waals surface area contributed by atoms with Crippen LogP contribution in [0.15, 0.2) is 23.0 Å². The van der Waals surface area contributed by atoms with Gasteiger partial charge in [-0.1, -0.05) is 5.16 Å². The van der Waals surface area contributed by atoms with E-state index in [9.17, 15) is 0 Å². The largest absolute Gasteiger partial charge is 0.394 e. The van der Waals surface area contributed by atoms with Crippen LogP contribution in [0.1, 0.15) is 5.76 Å². The van der Waals surface area contributed by atoms with E-state index in [-0.39, 0.29) is 0 Å². The second-order valence-electron chi connectivity index (χ2n) is 2.94. The quantitative estimate of drug-likeness (QED) is 0.746. The van der Waals surface area contributed by atoms with Gasteiger partial charge in [-0.25, -0.2) is 0 Å². The van der Waals surface area contributed by atoms with Crippen LogP contribution in [0, 0.1) is 0 Å². The molecule has 0 fully saturated rings. The van der Waals surface area contributed by atoms with Gasteiger partial charge in [0.15, 0.2) is 11.6 Å². The standard InChI is InChI=1S/C8H11N5O/c1-13-5-7(9)8(12-13)10-4-6-2-3-11-14-6/h2-3,5H,4,9H2,1H3,(H,10,12). The zero-order chi connectivity index (χ0) is 9.97. The molecule has 2 aromatic rings. The van der Waals surface area contributed by atoms with Crippen molar-refractivity contribution in [2.24, 2.45) is 7.05 Å². The van der Waals surface area contributed by atoms with E-state index in [1.54, 1.807) is 23.1 Å². The SMILES string of the molecule is Cn1cc(N)c(NCc2ccno2)n1. The number of nitrogens with two attached hydrogens (primary N) is 1. The van der Waals surface area contributed by atoms with E-state index < -0.39 is 0 Å². The van der Waals surface area contributed by atoms with Crippen molar-refractivity contribution in [1.29, 1.82) is 0 Å². The molecule has 0 atom stereocenters. The Bertz CT molecular complexity index is 405. The highest BCUT2D eigenvalue weighted by Gasteiger charge is 2.04. The van der Waals surface area contributed by atoms with Gasteiger partial charge in [0.1, 0.15) is 0 Å². The van der Waals surface area contributed by atoms with Gasteiger partial charge in [0.25, 0.3) is 0 Å². The summed E-state index contributed by atoms with van der Waals surface area (Å²) in [6.07, 6.45) is 3.33. The zero-order valence-electron chi connectivity index (χ0n) is 7.77. The minimum Gasteiger partial charge on any atom is -0.394 e. The predicted octanol–water partition coefficient (Wildman–Crippen LogP) is 0.602. The lowest BCUT2D eigenvalue weighted by atomic mass is 10.4. The molecule has 0 spiro atoms. The van der Waals surface area contributed by atoms with E-state index in [0.717, 1.165) is 5.76 Å². The van der Waals surface area contributed by atoms with E-state index in [1.165, 1.54) is 0 Å². The normalized spacial score (nSPS) is 10.4. The van der Waals surface area contributed by atoms with Gasteiger partial charge < -0.3 is 15.6 Å². The van der Waals surface area contributed by atoms with Crippen LogP contribution in [0.25, 0.3) is 0 Å². The molecule has 0 aliphatic carbocycles. The first kappa shape index (κ1) is 8.61. The van der Waals surface area contributed by atoms with Crippen molar-refractivity contribution in [2.45, 2.75) is 6.54 Å². The van der Waals surface area contributed by atoms with Crippen molar-refractivity contribution in [3.63, 3.8) is 0 Å². The Morgan fingerprint density at radius 1 is 1.64 bits per heavy atom. The van der Waals surface area contributed by atoms with Gasteiger partial charge in [-0.3, -0.25) is 4.68 Å². The number of aryl methyl sites for hydroxylation is 1. The average molecular weight is 193 g/mol. The first-order valence-corrected chi connectivity index (χ1v) is 4.18. The topological polar surface area (TPSA) is 81.9 Å². The van der Waals surface area contributed by atoms with Crippen LogP contribution < -0.4 is 11.1 Å². The number of hydrogen-bond donors (Lipinski definition) is 2. The average Bonchev–Trinajstić information content (AvgIpc) is 2.72. The first-order valence-electron chi connectivity index (χ1n) is 4.18. The number of anilines is 2. The molecule has 0 aliphatic rings. The molecule has 0 radical (unpaired) electrons. The van der Waals surface area contributed by atoms with Crippen molar-refractivity contribution in [1.82, 2.24) is 14.9 Å². The molecule has 0 bridgehead atoms. The second-order valence-corrected chi connectivity index (χ2v) is 2.94. The van der Waals surface area contributed by atoms with Crippen molar-refractivity contribution in [2.75, 3.05) is 11.1 Å². The van der Waals surface area contributed by atoms with Crippen molar-refractivity contribution in [3.05, 3.63) is 24.2 Å². The molecule has 3 N–H and O–H groups in total. The Kier molecular flexibility index (Phi) is 2.10. The maximum Gasteiger partial charge on any atom is 0.171 e. The summed E-state index contributed by atoms with van der Waals surface area (Å²) in [5.41, 5.74) is 6.31. The highest BCUT2D eigenvalue weighted by molar-refractivity contribution is 5.59. The highest BCUT2D eigenvalue weighted by Crippen LogP contribution is 2.14. The fourth-order valence-electron chi connectivity index (χ4n) is 1.15. The third-order valence-corrected chi connectivity index (χ3v) is 1.78. The summed E-state index contributed by atoms with van der Waals surface area (Å²) in [5, 5.41) is 10.8. The number of aromatic nitrogens is 3. The number of nitrogens with zero attached hydrogens (tertiary/aromatic N) is 3. The van der Waals surface area contributed by atoms with Gasteiger partial charge in [0, 0.05) is 19.3 Å². The lowest BCUT2D eigenvalue weighted by Crippen LogP contribution is -2.01. The summed E-state index contributed by atoms with van der Waals surface area (Å²) in [6, 6.07) is 1.78. The van der Waals surface area contributed by atoms with Gasteiger partial charge >= 0.3 is 0 Å². The van der Waals surface area contributed by atoms with Crippen LogP contribution in [0.3, 0.4) is 0 Å².